The average molecular weight is 350 g/mol. The monoisotopic (exact) mass is 349 g/mol. The van der Waals surface area contributed by atoms with Crippen LogP contribution in [0.2, 0.25) is 5.02 Å². The summed E-state index contributed by atoms with van der Waals surface area (Å²) in [5.74, 6) is 0.374. The van der Waals surface area contributed by atoms with Gasteiger partial charge in [0.05, 0.1) is 11.0 Å². The van der Waals surface area contributed by atoms with Crippen LogP contribution in [0.4, 0.5) is 0 Å². The third kappa shape index (κ3) is 3.91. The molecule has 122 valence electrons. The van der Waals surface area contributed by atoms with E-state index >= 15 is 0 Å². The highest BCUT2D eigenvalue weighted by Crippen LogP contribution is 2.38. The minimum atomic E-state index is -0.114. The number of hydrogen-bond donors (Lipinski definition) is 2. The fourth-order valence-electron chi connectivity index (χ4n) is 2.79. The fraction of sp³-hybridized carbons (Fsp3) is 0.412. The van der Waals surface area contributed by atoms with E-state index in [-0.39, 0.29) is 11.9 Å². The summed E-state index contributed by atoms with van der Waals surface area (Å²) in [6, 6.07) is 7.75. The van der Waals surface area contributed by atoms with Gasteiger partial charge in [0.15, 0.2) is 0 Å². The summed E-state index contributed by atoms with van der Waals surface area (Å²) < 4.78 is 0. The second-order valence-corrected chi connectivity index (χ2v) is 7.24. The molecule has 1 fully saturated rings. The molecule has 4 nitrogen and oxygen atoms in total. The number of hydrogen-bond acceptors (Lipinski definition) is 4. The maximum Gasteiger partial charge on any atom is 0.271 e. The van der Waals surface area contributed by atoms with E-state index in [2.05, 4.69) is 10.3 Å². The molecule has 0 aliphatic heterocycles. The lowest BCUT2D eigenvalue weighted by atomic mass is 9.77. The fourth-order valence-corrected chi connectivity index (χ4v) is 3.71. The van der Waals surface area contributed by atoms with Gasteiger partial charge in [-0.05, 0) is 43.0 Å². The van der Waals surface area contributed by atoms with E-state index in [1.807, 2.05) is 24.3 Å². The molecule has 3 rings (SSSR count). The molecule has 23 heavy (non-hydrogen) atoms. The van der Waals surface area contributed by atoms with Crippen molar-refractivity contribution >= 4 is 28.8 Å². The van der Waals surface area contributed by atoms with Crippen molar-refractivity contribution in [3.8, 4) is 0 Å². The van der Waals surface area contributed by atoms with Crippen LogP contribution in [-0.2, 0) is 6.42 Å². The van der Waals surface area contributed by atoms with Gasteiger partial charge in [-0.3, -0.25) is 4.79 Å². The molecular weight excluding hydrogens is 330 g/mol. The molecule has 0 radical (unpaired) electrons. The normalized spacial score (nSPS) is 15.9. The number of benzene rings is 1. The number of amides is 1. The lowest BCUT2D eigenvalue weighted by Crippen LogP contribution is -2.36. The number of rotatable bonds is 6. The number of nitrogens with two attached hydrogens (primary N) is 1. The molecule has 1 unspecified atom stereocenters. The van der Waals surface area contributed by atoms with Gasteiger partial charge in [-0.25, -0.2) is 4.98 Å². The van der Waals surface area contributed by atoms with Crippen molar-refractivity contribution in [1.29, 1.82) is 0 Å². The molecule has 1 aliphatic rings. The van der Waals surface area contributed by atoms with E-state index in [0.29, 0.717) is 29.6 Å². The average Bonchev–Trinajstić information content (AvgIpc) is 2.95. The van der Waals surface area contributed by atoms with E-state index in [0.717, 1.165) is 23.4 Å². The predicted molar refractivity (Wildman–Crippen MR) is 93.9 cm³/mol. The maximum absolute atomic E-state index is 12.5. The number of nitrogens with zero attached hydrogens (tertiary/aromatic N) is 1. The van der Waals surface area contributed by atoms with Crippen molar-refractivity contribution in [1.82, 2.24) is 10.3 Å². The molecule has 0 spiro atoms. The molecule has 6 heteroatoms. The highest BCUT2D eigenvalue weighted by Gasteiger charge is 2.30. The van der Waals surface area contributed by atoms with Gasteiger partial charge in [-0.2, -0.15) is 0 Å². The van der Waals surface area contributed by atoms with Crippen LogP contribution in [0.25, 0.3) is 0 Å². The molecule has 1 saturated carbocycles. The van der Waals surface area contributed by atoms with Gasteiger partial charge in [-0.15, -0.1) is 11.3 Å². The van der Waals surface area contributed by atoms with Crippen LogP contribution < -0.4 is 11.1 Å². The summed E-state index contributed by atoms with van der Waals surface area (Å²) in [7, 11) is 0. The Bertz CT molecular complexity index is 667. The first-order valence-corrected chi connectivity index (χ1v) is 9.14. The van der Waals surface area contributed by atoms with Gasteiger partial charge < -0.3 is 11.1 Å². The summed E-state index contributed by atoms with van der Waals surface area (Å²) in [6.07, 6.45) is 4.22. The van der Waals surface area contributed by atoms with E-state index < -0.39 is 0 Å². The number of carbonyl (C=O) groups is 1. The summed E-state index contributed by atoms with van der Waals surface area (Å²) in [5.41, 5.74) is 7.12. The van der Waals surface area contributed by atoms with Gasteiger partial charge in [0.25, 0.3) is 5.91 Å². The third-order valence-electron chi connectivity index (χ3n) is 4.28. The maximum atomic E-state index is 12.5. The number of nitrogens with one attached hydrogen (secondary N) is 1. The van der Waals surface area contributed by atoms with Gasteiger partial charge in [0.1, 0.15) is 5.69 Å². The minimum absolute atomic E-state index is 0.0215. The van der Waals surface area contributed by atoms with E-state index in [4.69, 9.17) is 17.3 Å². The SMILES string of the molecule is NCCc1nc(C(=O)NC(c2ccc(Cl)cc2)C2CCC2)cs1. The number of aromatic nitrogens is 1. The first-order valence-electron chi connectivity index (χ1n) is 7.88. The Balaban J connectivity index is 1.74. The van der Waals surface area contributed by atoms with Gasteiger partial charge in [0.2, 0.25) is 0 Å². The Morgan fingerprint density at radius 1 is 1.39 bits per heavy atom. The van der Waals surface area contributed by atoms with E-state index in [1.54, 1.807) is 5.38 Å². The van der Waals surface area contributed by atoms with Gasteiger partial charge in [0, 0.05) is 16.8 Å². The van der Waals surface area contributed by atoms with Crippen LogP contribution in [0.15, 0.2) is 29.6 Å². The molecule has 1 heterocycles. The lowest BCUT2D eigenvalue weighted by Gasteiger charge is -2.34. The zero-order chi connectivity index (χ0) is 16.2. The Labute approximate surface area is 145 Å². The summed E-state index contributed by atoms with van der Waals surface area (Å²) in [5, 5.41) is 6.58. The predicted octanol–water partition coefficient (Wildman–Crippen LogP) is 3.57. The highest BCUT2D eigenvalue weighted by molar-refractivity contribution is 7.09. The quantitative estimate of drug-likeness (QED) is 0.837. The smallest absolute Gasteiger partial charge is 0.271 e. The van der Waals surface area contributed by atoms with Crippen molar-refractivity contribution in [3.05, 3.63) is 50.9 Å². The van der Waals surface area contributed by atoms with Crippen molar-refractivity contribution < 1.29 is 4.79 Å². The van der Waals surface area contributed by atoms with Crippen LogP contribution in [0.5, 0.6) is 0 Å². The van der Waals surface area contributed by atoms with Crippen LogP contribution in [-0.4, -0.2) is 17.4 Å². The Kier molecular flexibility index (Phi) is 5.30. The second kappa shape index (κ2) is 7.43. The molecule has 0 bridgehead atoms. The van der Waals surface area contributed by atoms with Crippen LogP contribution in [0, 0.1) is 5.92 Å². The zero-order valence-corrected chi connectivity index (χ0v) is 14.4. The largest absolute Gasteiger partial charge is 0.344 e. The van der Waals surface area contributed by atoms with Crippen LogP contribution in [0.3, 0.4) is 0 Å². The zero-order valence-electron chi connectivity index (χ0n) is 12.8. The minimum Gasteiger partial charge on any atom is -0.344 e. The second-order valence-electron chi connectivity index (χ2n) is 5.86. The standard InChI is InChI=1S/C17H20ClN3OS/c18-13-6-4-12(5-7-13)16(11-2-1-3-11)21-17(22)14-10-23-15(20-14)8-9-19/h4-7,10-11,16H,1-3,8-9,19H2,(H,21,22). The van der Waals surface area contributed by atoms with E-state index in [1.165, 1.54) is 17.8 Å². The topological polar surface area (TPSA) is 68.0 Å². The molecule has 1 aromatic carbocycles. The van der Waals surface area contributed by atoms with Gasteiger partial charge >= 0.3 is 0 Å². The summed E-state index contributed by atoms with van der Waals surface area (Å²) in [4.78, 5) is 16.9. The Morgan fingerprint density at radius 3 is 2.74 bits per heavy atom. The summed E-state index contributed by atoms with van der Waals surface area (Å²) >= 11 is 7.46. The first-order chi connectivity index (χ1) is 11.2. The number of thiazole rings is 1. The Hall–Kier alpha value is -1.43. The van der Waals surface area contributed by atoms with E-state index in [9.17, 15) is 4.79 Å². The van der Waals surface area contributed by atoms with Gasteiger partial charge in [-0.1, -0.05) is 30.2 Å². The molecule has 1 amide bonds. The molecule has 2 aromatic rings. The van der Waals surface area contributed by atoms with Crippen LogP contribution in [0.1, 0.15) is 46.4 Å². The first kappa shape index (κ1) is 16.4. The molecule has 3 N–H and O–H groups in total. The van der Waals surface area contributed by atoms with Crippen molar-refractivity contribution in [2.24, 2.45) is 11.7 Å². The molecule has 0 saturated heterocycles. The molecule has 1 aliphatic carbocycles. The lowest BCUT2D eigenvalue weighted by molar-refractivity contribution is 0.0896. The Morgan fingerprint density at radius 2 is 2.13 bits per heavy atom. The van der Waals surface area contributed by atoms with Crippen molar-refractivity contribution in [3.63, 3.8) is 0 Å². The highest BCUT2D eigenvalue weighted by atomic mass is 35.5. The molecule has 1 aromatic heterocycles. The number of carbonyl (C=O) groups excluding carboxylic acids is 1. The van der Waals surface area contributed by atoms with Crippen LogP contribution >= 0.6 is 22.9 Å². The third-order valence-corrected chi connectivity index (χ3v) is 5.44. The molecular formula is C17H20ClN3OS. The summed E-state index contributed by atoms with van der Waals surface area (Å²) in [6.45, 7) is 0.546. The van der Waals surface area contributed by atoms with Crippen molar-refractivity contribution in [2.75, 3.05) is 6.54 Å². The molecule has 1 atom stereocenters. The van der Waals surface area contributed by atoms with Crippen molar-refractivity contribution in [2.45, 2.75) is 31.7 Å². The number of halogens is 1.